The summed E-state index contributed by atoms with van der Waals surface area (Å²) in [5, 5.41) is 2.89. The summed E-state index contributed by atoms with van der Waals surface area (Å²) < 4.78 is 21.8. The maximum absolute atomic E-state index is 13.4. The molecule has 1 amide bonds. The van der Waals surface area contributed by atoms with Crippen molar-refractivity contribution in [2.45, 2.75) is 44.9 Å². The Kier molecular flexibility index (Phi) is 7.68. The highest BCUT2D eigenvalue weighted by atomic mass is 16.5. The molecular weight excluding hydrogens is 398 g/mol. The third-order valence-electron chi connectivity index (χ3n) is 4.80. The van der Waals surface area contributed by atoms with E-state index in [1.165, 1.54) is 21.3 Å². The van der Waals surface area contributed by atoms with Crippen LogP contribution in [-0.4, -0.2) is 44.9 Å². The van der Waals surface area contributed by atoms with Crippen LogP contribution in [0.15, 0.2) is 48.5 Å². The number of esters is 1. The highest BCUT2D eigenvalue weighted by molar-refractivity contribution is 5.99. The van der Waals surface area contributed by atoms with Crippen molar-refractivity contribution in [1.29, 1.82) is 0 Å². The van der Waals surface area contributed by atoms with E-state index in [0.717, 1.165) is 0 Å². The van der Waals surface area contributed by atoms with Crippen LogP contribution in [-0.2, 0) is 19.8 Å². The highest BCUT2D eigenvalue weighted by Crippen LogP contribution is 2.33. The summed E-state index contributed by atoms with van der Waals surface area (Å²) in [7, 11) is 4.28. The fourth-order valence-corrected chi connectivity index (χ4v) is 3.41. The van der Waals surface area contributed by atoms with Crippen molar-refractivity contribution in [2.24, 2.45) is 0 Å². The summed E-state index contributed by atoms with van der Waals surface area (Å²) in [5.74, 6) is -0.242. The lowest BCUT2D eigenvalue weighted by atomic mass is 9.84. The standard InChI is InChI=1S/C24H31NO6/c1-16(31-23(2,3)4)24(22(27)30-7,18-11-9-8-10-12-18)25-21(26)17-13-19(28-5)15-20(14-17)29-6/h8-16H,1-7H3,(H,25,26)/t16-,24-/m1/s1. The van der Waals surface area contributed by atoms with Crippen LogP contribution in [0.2, 0.25) is 0 Å². The minimum Gasteiger partial charge on any atom is -0.497 e. The first kappa shape index (κ1) is 24.2. The monoisotopic (exact) mass is 429 g/mol. The average molecular weight is 430 g/mol. The molecule has 0 spiro atoms. The SMILES string of the molecule is COC(=O)[C@](NC(=O)c1cc(OC)cc(OC)c1)(c1ccccc1)[C@@H](C)OC(C)(C)C. The Morgan fingerprint density at radius 1 is 0.903 bits per heavy atom. The number of ether oxygens (including phenoxy) is 4. The van der Waals surface area contributed by atoms with E-state index in [1.54, 1.807) is 49.4 Å². The zero-order valence-electron chi connectivity index (χ0n) is 19.1. The van der Waals surface area contributed by atoms with E-state index in [4.69, 9.17) is 18.9 Å². The smallest absolute Gasteiger partial charge is 0.339 e. The first-order valence-corrected chi connectivity index (χ1v) is 9.94. The average Bonchev–Trinajstić information content (AvgIpc) is 2.75. The van der Waals surface area contributed by atoms with Crippen LogP contribution in [0.4, 0.5) is 0 Å². The van der Waals surface area contributed by atoms with Gasteiger partial charge >= 0.3 is 5.97 Å². The number of nitrogens with one attached hydrogen (secondary N) is 1. The van der Waals surface area contributed by atoms with Crippen LogP contribution in [0.25, 0.3) is 0 Å². The predicted octanol–water partition coefficient (Wildman–Crippen LogP) is 3.71. The van der Waals surface area contributed by atoms with Crippen molar-refractivity contribution in [3.8, 4) is 11.5 Å². The van der Waals surface area contributed by atoms with Gasteiger partial charge in [0.1, 0.15) is 11.5 Å². The Labute approximate surface area is 183 Å². The van der Waals surface area contributed by atoms with Crippen molar-refractivity contribution in [3.63, 3.8) is 0 Å². The molecule has 0 saturated heterocycles. The number of hydrogen-bond acceptors (Lipinski definition) is 6. The molecule has 0 saturated carbocycles. The second-order valence-corrected chi connectivity index (χ2v) is 8.09. The zero-order chi connectivity index (χ0) is 23.2. The Bertz CT molecular complexity index is 884. The summed E-state index contributed by atoms with van der Waals surface area (Å²) in [6.07, 6.45) is -0.751. The fourth-order valence-electron chi connectivity index (χ4n) is 3.41. The van der Waals surface area contributed by atoms with E-state index >= 15 is 0 Å². The normalized spacial score (nSPS) is 14.2. The minimum atomic E-state index is -1.59. The predicted molar refractivity (Wildman–Crippen MR) is 117 cm³/mol. The first-order chi connectivity index (χ1) is 14.6. The third-order valence-corrected chi connectivity index (χ3v) is 4.80. The van der Waals surface area contributed by atoms with E-state index in [2.05, 4.69) is 5.32 Å². The van der Waals surface area contributed by atoms with Gasteiger partial charge in [0.2, 0.25) is 0 Å². The van der Waals surface area contributed by atoms with Gasteiger partial charge in [0.05, 0.1) is 33.0 Å². The summed E-state index contributed by atoms with van der Waals surface area (Å²) in [6, 6.07) is 13.7. The summed E-state index contributed by atoms with van der Waals surface area (Å²) >= 11 is 0. The van der Waals surface area contributed by atoms with Crippen LogP contribution in [0.5, 0.6) is 11.5 Å². The molecule has 2 atom stereocenters. The lowest BCUT2D eigenvalue weighted by molar-refractivity contribution is -0.162. The Morgan fingerprint density at radius 3 is 1.90 bits per heavy atom. The largest absolute Gasteiger partial charge is 0.497 e. The highest BCUT2D eigenvalue weighted by Gasteiger charge is 2.50. The number of benzene rings is 2. The maximum Gasteiger partial charge on any atom is 0.339 e. The second-order valence-electron chi connectivity index (χ2n) is 8.09. The van der Waals surface area contributed by atoms with Crippen LogP contribution in [0.3, 0.4) is 0 Å². The molecule has 7 nitrogen and oxygen atoms in total. The van der Waals surface area contributed by atoms with E-state index in [1.807, 2.05) is 26.8 Å². The van der Waals surface area contributed by atoms with Crippen LogP contribution < -0.4 is 14.8 Å². The second kappa shape index (κ2) is 9.83. The topological polar surface area (TPSA) is 83.1 Å². The van der Waals surface area contributed by atoms with Crippen molar-refractivity contribution in [3.05, 3.63) is 59.7 Å². The Balaban J connectivity index is 2.62. The van der Waals surface area contributed by atoms with Crippen LogP contribution in [0, 0.1) is 0 Å². The summed E-state index contributed by atoms with van der Waals surface area (Å²) in [5.41, 5.74) is -1.35. The number of amides is 1. The number of carbonyl (C=O) groups is 2. The van der Waals surface area contributed by atoms with Crippen molar-refractivity contribution in [1.82, 2.24) is 5.32 Å². The van der Waals surface area contributed by atoms with Gasteiger partial charge in [0, 0.05) is 11.6 Å². The quantitative estimate of drug-likeness (QED) is 0.644. The molecule has 168 valence electrons. The Morgan fingerprint density at radius 2 is 1.45 bits per heavy atom. The molecule has 31 heavy (non-hydrogen) atoms. The van der Waals surface area contributed by atoms with Crippen LogP contribution in [0.1, 0.15) is 43.6 Å². The molecule has 0 aliphatic heterocycles. The van der Waals surface area contributed by atoms with Gasteiger partial charge in [-0.3, -0.25) is 4.79 Å². The first-order valence-electron chi connectivity index (χ1n) is 9.94. The summed E-state index contributed by atoms with van der Waals surface area (Å²) in [4.78, 5) is 26.6. The van der Waals surface area contributed by atoms with Gasteiger partial charge in [-0.25, -0.2) is 4.79 Å². The van der Waals surface area contributed by atoms with E-state index in [-0.39, 0.29) is 5.56 Å². The molecule has 2 rings (SSSR count). The van der Waals surface area contributed by atoms with Gasteiger partial charge < -0.3 is 24.3 Å². The molecule has 0 aliphatic rings. The molecule has 0 aromatic heterocycles. The molecule has 0 fully saturated rings. The third kappa shape index (κ3) is 5.55. The van der Waals surface area contributed by atoms with Crippen molar-refractivity contribution < 1.29 is 28.5 Å². The number of carbonyl (C=O) groups excluding carboxylic acids is 2. The van der Waals surface area contributed by atoms with Gasteiger partial charge in [-0.1, -0.05) is 30.3 Å². The molecule has 0 unspecified atom stereocenters. The molecule has 0 radical (unpaired) electrons. The molecule has 0 bridgehead atoms. The molecule has 1 N–H and O–H groups in total. The molecule has 7 heteroatoms. The van der Waals surface area contributed by atoms with E-state index < -0.39 is 29.1 Å². The van der Waals surface area contributed by atoms with Gasteiger partial charge in [-0.15, -0.1) is 0 Å². The fraction of sp³-hybridized carbons (Fsp3) is 0.417. The van der Waals surface area contributed by atoms with Crippen molar-refractivity contribution in [2.75, 3.05) is 21.3 Å². The van der Waals surface area contributed by atoms with Gasteiger partial charge in [-0.2, -0.15) is 0 Å². The zero-order valence-corrected chi connectivity index (χ0v) is 19.1. The lowest BCUT2D eigenvalue weighted by Gasteiger charge is -2.40. The van der Waals surface area contributed by atoms with Crippen LogP contribution >= 0.6 is 0 Å². The van der Waals surface area contributed by atoms with Gasteiger partial charge in [-0.05, 0) is 45.4 Å². The van der Waals surface area contributed by atoms with Crippen molar-refractivity contribution >= 4 is 11.9 Å². The lowest BCUT2D eigenvalue weighted by Crippen LogP contribution is -2.60. The number of hydrogen-bond donors (Lipinski definition) is 1. The number of rotatable bonds is 8. The van der Waals surface area contributed by atoms with E-state index in [0.29, 0.717) is 17.1 Å². The molecule has 0 heterocycles. The molecule has 2 aromatic rings. The molecule has 2 aromatic carbocycles. The summed E-state index contributed by atoms with van der Waals surface area (Å²) in [6.45, 7) is 7.38. The van der Waals surface area contributed by atoms with Gasteiger partial charge in [0.15, 0.2) is 5.54 Å². The minimum absolute atomic E-state index is 0.267. The maximum atomic E-state index is 13.4. The molecular formula is C24H31NO6. The van der Waals surface area contributed by atoms with E-state index in [9.17, 15) is 9.59 Å². The van der Waals surface area contributed by atoms with Gasteiger partial charge in [0.25, 0.3) is 5.91 Å². The Hall–Kier alpha value is -3.06. The molecule has 0 aliphatic carbocycles. The number of methoxy groups -OCH3 is 3.